The predicted octanol–water partition coefficient (Wildman–Crippen LogP) is 2.46. The molecule has 1 saturated carbocycles. The van der Waals surface area contributed by atoms with Gasteiger partial charge in [0.05, 0.1) is 18.4 Å². The van der Waals surface area contributed by atoms with E-state index in [0.29, 0.717) is 18.7 Å². The minimum atomic E-state index is 0.128. The van der Waals surface area contributed by atoms with Gasteiger partial charge in [0.25, 0.3) is 5.91 Å². The topological polar surface area (TPSA) is 49.9 Å². The average Bonchev–Trinajstić information content (AvgIpc) is 2.76. The molecule has 128 valence electrons. The molecule has 3 aliphatic rings. The first kappa shape index (κ1) is 16.3. The summed E-state index contributed by atoms with van der Waals surface area (Å²) in [5.74, 6) is 0.325. The lowest BCUT2D eigenvalue weighted by Crippen LogP contribution is -2.49. The Hall–Kier alpha value is -1.52. The number of amides is 2. The Balaban J connectivity index is 1.61. The average molecular weight is 320 g/mol. The monoisotopic (exact) mass is 320 g/mol. The molecule has 0 aromatic heterocycles. The first-order chi connectivity index (χ1) is 11.2. The summed E-state index contributed by atoms with van der Waals surface area (Å²) in [7, 11) is 0. The molecule has 1 saturated heterocycles. The fourth-order valence-corrected chi connectivity index (χ4v) is 3.96. The van der Waals surface area contributed by atoms with Crippen LogP contribution in [-0.4, -0.2) is 53.4 Å². The molecule has 23 heavy (non-hydrogen) atoms. The van der Waals surface area contributed by atoms with Crippen LogP contribution in [0.15, 0.2) is 11.8 Å². The maximum absolute atomic E-state index is 12.6. The lowest BCUT2D eigenvalue weighted by molar-refractivity contribution is -0.136. The third-order valence-corrected chi connectivity index (χ3v) is 5.42. The lowest BCUT2D eigenvalue weighted by atomic mass is 9.89. The van der Waals surface area contributed by atoms with Crippen LogP contribution < -0.4 is 0 Å². The summed E-state index contributed by atoms with van der Waals surface area (Å²) in [4.78, 5) is 28.8. The molecule has 0 aromatic rings. The molecule has 0 spiro atoms. The van der Waals surface area contributed by atoms with E-state index in [0.717, 1.165) is 63.6 Å². The van der Waals surface area contributed by atoms with Crippen molar-refractivity contribution in [2.75, 3.05) is 19.7 Å². The molecule has 0 bridgehead atoms. The van der Waals surface area contributed by atoms with E-state index in [9.17, 15) is 9.59 Å². The van der Waals surface area contributed by atoms with Crippen molar-refractivity contribution in [1.82, 2.24) is 9.80 Å². The Morgan fingerprint density at radius 3 is 2.43 bits per heavy atom. The molecule has 1 atom stereocenters. The second-order valence-corrected chi connectivity index (χ2v) is 7.01. The van der Waals surface area contributed by atoms with Crippen LogP contribution in [0, 0.1) is 0 Å². The molecule has 0 N–H and O–H groups in total. The van der Waals surface area contributed by atoms with E-state index in [1.54, 1.807) is 13.2 Å². The van der Waals surface area contributed by atoms with Gasteiger partial charge in [-0.15, -0.1) is 0 Å². The summed E-state index contributed by atoms with van der Waals surface area (Å²) in [5.41, 5.74) is 0.803. The van der Waals surface area contributed by atoms with E-state index >= 15 is 0 Å². The van der Waals surface area contributed by atoms with Gasteiger partial charge in [0, 0.05) is 32.1 Å². The van der Waals surface area contributed by atoms with E-state index in [-0.39, 0.29) is 11.8 Å². The van der Waals surface area contributed by atoms with Gasteiger partial charge in [-0.1, -0.05) is 0 Å². The van der Waals surface area contributed by atoms with Crippen LogP contribution in [0.1, 0.15) is 58.3 Å². The zero-order chi connectivity index (χ0) is 16.2. The second-order valence-electron chi connectivity index (χ2n) is 7.01. The van der Waals surface area contributed by atoms with Crippen molar-refractivity contribution in [1.29, 1.82) is 0 Å². The molecular weight excluding hydrogens is 292 g/mol. The van der Waals surface area contributed by atoms with Crippen LogP contribution >= 0.6 is 0 Å². The number of rotatable bonds is 3. The van der Waals surface area contributed by atoms with Crippen molar-refractivity contribution >= 4 is 11.8 Å². The van der Waals surface area contributed by atoms with E-state index in [1.807, 2.05) is 4.90 Å². The third-order valence-electron chi connectivity index (χ3n) is 5.42. The molecule has 5 nitrogen and oxygen atoms in total. The van der Waals surface area contributed by atoms with Crippen LogP contribution in [0.25, 0.3) is 0 Å². The molecule has 5 heteroatoms. The minimum Gasteiger partial charge on any atom is -0.501 e. The number of hydrogen-bond donors (Lipinski definition) is 0. The lowest BCUT2D eigenvalue weighted by Gasteiger charge is -2.42. The number of ether oxygens (including phenoxy) is 1. The maximum Gasteiger partial charge on any atom is 0.252 e. The van der Waals surface area contributed by atoms with Gasteiger partial charge in [-0.25, -0.2) is 0 Å². The first-order valence-corrected chi connectivity index (χ1v) is 9.05. The van der Waals surface area contributed by atoms with E-state index in [2.05, 4.69) is 4.90 Å². The molecule has 2 aliphatic heterocycles. The van der Waals surface area contributed by atoms with Crippen molar-refractivity contribution in [2.24, 2.45) is 0 Å². The predicted molar refractivity (Wildman–Crippen MR) is 87.6 cm³/mol. The van der Waals surface area contributed by atoms with E-state index < -0.39 is 0 Å². The molecular formula is C18H28N2O3. The highest BCUT2D eigenvalue weighted by Crippen LogP contribution is 2.30. The van der Waals surface area contributed by atoms with Gasteiger partial charge in [0.15, 0.2) is 0 Å². The van der Waals surface area contributed by atoms with Gasteiger partial charge in [-0.3, -0.25) is 9.59 Å². The van der Waals surface area contributed by atoms with Crippen LogP contribution in [-0.2, 0) is 14.3 Å². The summed E-state index contributed by atoms with van der Waals surface area (Å²) in [6.07, 6.45) is 9.79. The van der Waals surface area contributed by atoms with Crippen molar-refractivity contribution in [3.8, 4) is 0 Å². The fraction of sp³-hybridized carbons (Fsp3) is 0.778. The fourth-order valence-electron chi connectivity index (χ4n) is 3.96. The van der Waals surface area contributed by atoms with E-state index in [1.165, 1.54) is 6.42 Å². The number of nitrogens with zero attached hydrogens (tertiary/aromatic N) is 2. The Bertz CT molecular complexity index is 485. The number of likely N-dealkylation sites (tertiary alicyclic amines) is 1. The number of carbonyl (C=O) groups is 2. The summed E-state index contributed by atoms with van der Waals surface area (Å²) in [6, 6.07) is 0.737. The molecule has 1 aliphatic carbocycles. The molecule has 2 fully saturated rings. The van der Waals surface area contributed by atoms with Gasteiger partial charge in [-0.05, 0) is 51.4 Å². The smallest absolute Gasteiger partial charge is 0.252 e. The molecule has 2 heterocycles. The van der Waals surface area contributed by atoms with Gasteiger partial charge in [-0.2, -0.15) is 0 Å². The summed E-state index contributed by atoms with van der Waals surface area (Å²) in [6.45, 7) is 3.95. The Labute approximate surface area is 138 Å². The van der Waals surface area contributed by atoms with Crippen LogP contribution in [0.3, 0.4) is 0 Å². The zero-order valence-electron chi connectivity index (χ0n) is 14.1. The minimum absolute atomic E-state index is 0.128. The van der Waals surface area contributed by atoms with Gasteiger partial charge >= 0.3 is 0 Å². The normalized spacial score (nSPS) is 25.7. The van der Waals surface area contributed by atoms with Crippen LogP contribution in [0.5, 0.6) is 0 Å². The molecule has 0 radical (unpaired) electrons. The second kappa shape index (κ2) is 7.37. The van der Waals surface area contributed by atoms with Crippen LogP contribution in [0.4, 0.5) is 0 Å². The number of carbonyl (C=O) groups excluding carboxylic acids is 2. The Kier molecular flexibility index (Phi) is 5.23. The van der Waals surface area contributed by atoms with Crippen molar-refractivity contribution in [3.63, 3.8) is 0 Å². The maximum atomic E-state index is 12.6. The largest absolute Gasteiger partial charge is 0.501 e. The quantitative estimate of drug-likeness (QED) is 0.802. The molecule has 0 aromatic carbocycles. The Morgan fingerprint density at radius 1 is 1.09 bits per heavy atom. The standard InChI is InChI=1S/C18H28N2O3/c1-14(21)20(16-6-2-7-16)17-8-3-10-19(11-9-17)18(22)15-5-4-12-23-13-15/h13,16-17H,2-12H2,1H3/t17-/m1/s1. The molecule has 3 rings (SSSR count). The first-order valence-electron chi connectivity index (χ1n) is 9.05. The van der Waals surface area contributed by atoms with E-state index in [4.69, 9.17) is 4.74 Å². The molecule has 0 unspecified atom stereocenters. The van der Waals surface area contributed by atoms with Gasteiger partial charge < -0.3 is 14.5 Å². The summed E-state index contributed by atoms with van der Waals surface area (Å²) < 4.78 is 5.31. The van der Waals surface area contributed by atoms with Gasteiger partial charge in [0.1, 0.15) is 0 Å². The molecule has 2 amide bonds. The van der Waals surface area contributed by atoms with Crippen LogP contribution in [0.2, 0.25) is 0 Å². The SMILES string of the molecule is CC(=O)N(C1CCC1)[C@@H]1CCCN(C(=O)C2=COCCC2)CC1. The summed E-state index contributed by atoms with van der Waals surface area (Å²) in [5, 5.41) is 0. The third kappa shape index (κ3) is 3.70. The highest BCUT2D eigenvalue weighted by Gasteiger charge is 2.34. The highest BCUT2D eigenvalue weighted by molar-refractivity contribution is 5.93. The van der Waals surface area contributed by atoms with Gasteiger partial charge in [0.2, 0.25) is 5.91 Å². The highest BCUT2D eigenvalue weighted by atomic mass is 16.5. The zero-order valence-corrected chi connectivity index (χ0v) is 14.1. The van der Waals surface area contributed by atoms with Crippen molar-refractivity contribution in [2.45, 2.75) is 70.4 Å². The number of hydrogen-bond acceptors (Lipinski definition) is 3. The van der Waals surface area contributed by atoms with Crippen molar-refractivity contribution in [3.05, 3.63) is 11.8 Å². The van der Waals surface area contributed by atoms with Crippen molar-refractivity contribution < 1.29 is 14.3 Å². The Morgan fingerprint density at radius 2 is 1.83 bits per heavy atom. The summed E-state index contributed by atoms with van der Waals surface area (Å²) >= 11 is 0.